The van der Waals surface area contributed by atoms with Gasteiger partial charge in [-0.25, -0.2) is 4.79 Å². The summed E-state index contributed by atoms with van der Waals surface area (Å²) in [6.45, 7) is 7.48. The van der Waals surface area contributed by atoms with Crippen LogP contribution in [-0.2, 0) is 4.79 Å². The van der Waals surface area contributed by atoms with Crippen molar-refractivity contribution in [3.8, 4) is 17.2 Å². The molecule has 0 bridgehead atoms. The molecule has 2 rings (SSSR count). The molecule has 6 nitrogen and oxygen atoms in total. The van der Waals surface area contributed by atoms with E-state index in [1.54, 1.807) is 12.1 Å². The summed E-state index contributed by atoms with van der Waals surface area (Å²) in [5.74, 6) is -1.12. The van der Waals surface area contributed by atoms with Gasteiger partial charge < -0.3 is 19.0 Å². The van der Waals surface area contributed by atoms with Gasteiger partial charge in [0.1, 0.15) is 6.61 Å². The summed E-state index contributed by atoms with van der Waals surface area (Å²) in [6, 6.07) is 4.60. The number of phenols is 1. The molecule has 1 aromatic carbocycles. The lowest BCUT2D eigenvalue weighted by Crippen LogP contribution is -2.13. The van der Waals surface area contributed by atoms with Crippen LogP contribution in [0.4, 0.5) is 0 Å². The van der Waals surface area contributed by atoms with Crippen LogP contribution >= 0.6 is 0 Å². The number of para-hydroxylation sites is 1. The van der Waals surface area contributed by atoms with Crippen molar-refractivity contribution in [1.82, 2.24) is 0 Å². The minimum Gasteiger partial charge on any atom is -0.504 e. The van der Waals surface area contributed by atoms with Crippen molar-refractivity contribution in [3.05, 3.63) is 51.9 Å². The number of allylic oxidation sites excluding steroid dienone is 3. The maximum absolute atomic E-state index is 12.2. The maximum Gasteiger partial charge on any atom is 0.383 e. The van der Waals surface area contributed by atoms with E-state index < -0.39 is 11.6 Å². The molecule has 0 saturated heterocycles. The Morgan fingerprint density at radius 2 is 1.89 bits per heavy atom. The average molecular weight is 372 g/mol. The van der Waals surface area contributed by atoms with Gasteiger partial charge in [0, 0.05) is 6.92 Å². The normalized spacial score (nSPS) is 11.3. The zero-order valence-corrected chi connectivity index (χ0v) is 16.0. The Morgan fingerprint density at radius 3 is 2.56 bits per heavy atom. The van der Waals surface area contributed by atoms with E-state index in [-0.39, 0.29) is 29.4 Å². The van der Waals surface area contributed by atoms with Gasteiger partial charge in [-0.15, -0.1) is 0 Å². The summed E-state index contributed by atoms with van der Waals surface area (Å²) >= 11 is 0. The van der Waals surface area contributed by atoms with Crippen LogP contribution in [0.25, 0.3) is 11.0 Å². The highest BCUT2D eigenvalue weighted by Crippen LogP contribution is 2.36. The quantitative estimate of drug-likeness (QED) is 0.438. The van der Waals surface area contributed by atoms with Crippen molar-refractivity contribution in [1.29, 1.82) is 0 Å². The van der Waals surface area contributed by atoms with E-state index in [9.17, 15) is 14.7 Å². The molecule has 1 heterocycles. The van der Waals surface area contributed by atoms with E-state index in [0.717, 1.165) is 18.4 Å². The van der Waals surface area contributed by atoms with Crippen LogP contribution in [-0.4, -0.2) is 17.7 Å². The number of ether oxygens (including phenoxy) is 2. The van der Waals surface area contributed by atoms with Crippen LogP contribution in [0.3, 0.4) is 0 Å². The fourth-order valence-corrected chi connectivity index (χ4v) is 2.50. The summed E-state index contributed by atoms with van der Waals surface area (Å²) in [4.78, 5) is 23.5. The number of aromatic hydroxyl groups is 1. The summed E-state index contributed by atoms with van der Waals surface area (Å²) in [7, 11) is 0. The lowest BCUT2D eigenvalue weighted by Gasteiger charge is -2.12. The minimum atomic E-state index is -0.890. The molecule has 144 valence electrons. The maximum atomic E-state index is 12.2. The number of phenolic OH excluding ortho intramolecular Hbond substituents is 1. The highest BCUT2D eigenvalue weighted by Gasteiger charge is 2.20. The standard InChI is InChI=1S/C21H24O6/c1-13(2)7-5-8-14(3)11-12-25-19-16-9-6-10-17(23)18(16)27-21(24)20(19)26-15(4)22/h6-7,9-11,23H,5,8,12H2,1-4H3/b14-11+. The van der Waals surface area contributed by atoms with Crippen LogP contribution < -0.4 is 15.1 Å². The molecular weight excluding hydrogens is 348 g/mol. The van der Waals surface area contributed by atoms with Gasteiger partial charge in [0.2, 0.25) is 0 Å². The fraction of sp³-hybridized carbons (Fsp3) is 0.333. The third-order valence-electron chi connectivity index (χ3n) is 3.82. The van der Waals surface area contributed by atoms with Crippen molar-refractivity contribution >= 4 is 16.9 Å². The SMILES string of the molecule is CC(=O)Oc1c(OC/C=C(\C)CCC=C(C)C)c2cccc(O)c2oc1=O. The summed E-state index contributed by atoms with van der Waals surface area (Å²) in [6.07, 6.45) is 5.90. The number of hydrogen-bond acceptors (Lipinski definition) is 6. The predicted octanol–water partition coefficient (Wildman–Crippen LogP) is 4.50. The number of carbonyl (C=O) groups excluding carboxylic acids is 1. The van der Waals surface area contributed by atoms with Crippen LogP contribution in [0.15, 0.2) is 50.7 Å². The molecule has 0 aliphatic carbocycles. The van der Waals surface area contributed by atoms with Crippen LogP contribution in [0.5, 0.6) is 17.2 Å². The van der Waals surface area contributed by atoms with E-state index in [1.807, 2.05) is 13.0 Å². The summed E-state index contributed by atoms with van der Waals surface area (Å²) in [5.41, 5.74) is 1.50. The number of esters is 1. The summed E-state index contributed by atoms with van der Waals surface area (Å²) in [5, 5.41) is 10.3. The molecule has 1 N–H and O–H groups in total. The molecule has 27 heavy (non-hydrogen) atoms. The van der Waals surface area contributed by atoms with E-state index >= 15 is 0 Å². The Labute approximate surface area is 157 Å². The Kier molecular flexibility index (Phi) is 6.82. The third-order valence-corrected chi connectivity index (χ3v) is 3.82. The molecule has 0 saturated carbocycles. The zero-order valence-electron chi connectivity index (χ0n) is 16.0. The summed E-state index contributed by atoms with van der Waals surface area (Å²) < 4.78 is 15.8. The van der Waals surface area contributed by atoms with E-state index in [1.165, 1.54) is 18.6 Å². The first kappa shape index (κ1) is 20.3. The first-order valence-corrected chi connectivity index (χ1v) is 8.68. The molecular formula is C21H24O6. The first-order valence-electron chi connectivity index (χ1n) is 8.68. The monoisotopic (exact) mass is 372 g/mol. The Hall–Kier alpha value is -3.02. The molecule has 0 aliphatic rings. The number of benzene rings is 1. The van der Waals surface area contributed by atoms with Gasteiger partial charge in [-0.3, -0.25) is 4.79 Å². The van der Waals surface area contributed by atoms with Gasteiger partial charge in [-0.1, -0.05) is 23.3 Å². The molecule has 2 aromatic rings. The van der Waals surface area contributed by atoms with Crippen molar-refractivity contribution in [2.24, 2.45) is 0 Å². The van der Waals surface area contributed by atoms with E-state index in [2.05, 4.69) is 19.9 Å². The van der Waals surface area contributed by atoms with Gasteiger partial charge in [0.25, 0.3) is 5.75 Å². The van der Waals surface area contributed by atoms with Crippen molar-refractivity contribution < 1.29 is 23.8 Å². The molecule has 0 amide bonds. The number of rotatable bonds is 7. The molecule has 0 spiro atoms. The van der Waals surface area contributed by atoms with Crippen LogP contribution in [0.1, 0.15) is 40.5 Å². The highest BCUT2D eigenvalue weighted by molar-refractivity contribution is 5.90. The van der Waals surface area contributed by atoms with Gasteiger partial charge in [-0.2, -0.15) is 0 Å². The number of fused-ring (bicyclic) bond motifs is 1. The van der Waals surface area contributed by atoms with E-state index in [4.69, 9.17) is 13.9 Å². The minimum absolute atomic E-state index is 0.0161. The van der Waals surface area contributed by atoms with Gasteiger partial charge >= 0.3 is 11.6 Å². The second kappa shape index (κ2) is 9.07. The topological polar surface area (TPSA) is 86.0 Å². The van der Waals surface area contributed by atoms with Crippen LogP contribution in [0, 0.1) is 0 Å². The second-order valence-corrected chi connectivity index (χ2v) is 6.48. The first-order chi connectivity index (χ1) is 12.8. The van der Waals surface area contributed by atoms with Gasteiger partial charge in [0.15, 0.2) is 17.1 Å². The van der Waals surface area contributed by atoms with Crippen molar-refractivity contribution in [3.63, 3.8) is 0 Å². The smallest absolute Gasteiger partial charge is 0.383 e. The van der Waals surface area contributed by atoms with Crippen LogP contribution in [0.2, 0.25) is 0 Å². The molecule has 1 aromatic heterocycles. The lowest BCUT2D eigenvalue weighted by molar-refractivity contribution is -0.132. The van der Waals surface area contributed by atoms with Crippen molar-refractivity contribution in [2.45, 2.75) is 40.5 Å². The number of carbonyl (C=O) groups is 1. The number of hydrogen-bond donors (Lipinski definition) is 1. The van der Waals surface area contributed by atoms with E-state index in [0.29, 0.717) is 5.39 Å². The fourth-order valence-electron chi connectivity index (χ4n) is 2.50. The average Bonchev–Trinajstić information content (AvgIpc) is 2.57. The predicted molar refractivity (Wildman–Crippen MR) is 103 cm³/mol. The lowest BCUT2D eigenvalue weighted by atomic mass is 10.1. The van der Waals surface area contributed by atoms with Crippen molar-refractivity contribution in [2.75, 3.05) is 6.61 Å². The molecule has 0 aliphatic heterocycles. The second-order valence-electron chi connectivity index (χ2n) is 6.48. The molecule has 0 fully saturated rings. The Balaban J connectivity index is 2.32. The third kappa shape index (κ3) is 5.48. The highest BCUT2D eigenvalue weighted by atomic mass is 16.6. The zero-order chi connectivity index (χ0) is 20.0. The molecule has 0 atom stereocenters. The molecule has 6 heteroatoms. The Morgan fingerprint density at radius 1 is 1.15 bits per heavy atom. The largest absolute Gasteiger partial charge is 0.504 e. The Bertz CT molecular complexity index is 945. The van der Waals surface area contributed by atoms with Gasteiger partial charge in [0.05, 0.1) is 5.39 Å². The molecule has 0 radical (unpaired) electrons. The molecule has 0 unspecified atom stereocenters. The van der Waals surface area contributed by atoms with Gasteiger partial charge in [-0.05, 0) is 51.8 Å².